The molecule has 1 aliphatic rings. The van der Waals surface area contributed by atoms with E-state index < -0.39 is 16.7 Å². The van der Waals surface area contributed by atoms with E-state index in [1.54, 1.807) is 11.0 Å². The summed E-state index contributed by atoms with van der Waals surface area (Å²) in [6, 6.07) is 5.13. The minimum absolute atomic E-state index is 0.0361. The maximum absolute atomic E-state index is 13.2. The van der Waals surface area contributed by atoms with Crippen molar-refractivity contribution in [1.82, 2.24) is 15.3 Å². The van der Waals surface area contributed by atoms with E-state index in [4.69, 9.17) is 0 Å². The maximum atomic E-state index is 13.2. The Labute approximate surface area is 155 Å². The lowest BCUT2D eigenvalue weighted by Gasteiger charge is -2.37. The zero-order valence-electron chi connectivity index (χ0n) is 14.3. The first-order valence-electron chi connectivity index (χ1n) is 8.28. The van der Waals surface area contributed by atoms with Gasteiger partial charge in [-0.3, -0.25) is 10.1 Å². The van der Waals surface area contributed by atoms with Crippen LogP contribution in [0.1, 0.15) is 5.56 Å². The van der Waals surface area contributed by atoms with E-state index >= 15 is 0 Å². The van der Waals surface area contributed by atoms with Gasteiger partial charge in [-0.05, 0) is 28.5 Å². The summed E-state index contributed by atoms with van der Waals surface area (Å²) in [5.41, 5.74) is -0.132. The molecule has 1 aromatic carbocycles. The van der Waals surface area contributed by atoms with Gasteiger partial charge in [-0.25, -0.2) is 9.61 Å². The number of nitro groups is 1. The van der Waals surface area contributed by atoms with Gasteiger partial charge in [0.25, 0.3) is 0 Å². The molecule has 0 bridgehead atoms. The normalized spacial score (nSPS) is 15.2. The summed E-state index contributed by atoms with van der Waals surface area (Å²) in [6.45, 7) is 1.36. The topological polar surface area (TPSA) is 101 Å². The third-order valence-electron chi connectivity index (χ3n) is 4.58. The van der Waals surface area contributed by atoms with Crippen molar-refractivity contribution in [3.63, 3.8) is 0 Å². The lowest BCUT2D eigenvalue weighted by Crippen LogP contribution is -2.47. The fourth-order valence-electron chi connectivity index (χ4n) is 3.27. The van der Waals surface area contributed by atoms with Gasteiger partial charge in [-0.2, -0.15) is 13.2 Å². The summed E-state index contributed by atoms with van der Waals surface area (Å²) in [5.74, 6) is -0.105. The molecule has 0 unspecified atom stereocenters. The largest absolute Gasteiger partial charge is 0.419 e. The molecular formula is C16H13F3N6O3. The second kappa shape index (κ2) is 6.62. The molecule has 0 saturated carbocycles. The molecule has 28 heavy (non-hydrogen) atoms. The molecule has 2 aromatic heterocycles. The number of non-ortho nitro benzene ring substituents is 1. The van der Waals surface area contributed by atoms with Crippen LogP contribution in [0, 0.1) is 10.1 Å². The minimum Gasteiger partial charge on any atom is -0.366 e. The van der Waals surface area contributed by atoms with E-state index in [2.05, 4.69) is 19.9 Å². The first kappa shape index (κ1) is 17.9. The van der Waals surface area contributed by atoms with Gasteiger partial charge in [0.1, 0.15) is 5.82 Å². The molecule has 9 nitrogen and oxygen atoms in total. The molecule has 0 spiro atoms. The number of halogens is 3. The molecule has 3 aromatic rings. The molecule has 146 valence electrons. The van der Waals surface area contributed by atoms with Crippen LogP contribution in [-0.2, 0) is 6.18 Å². The zero-order chi connectivity index (χ0) is 19.9. The molecule has 1 saturated heterocycles. The first-order chi connectivity index (χ1) is 13.4. The predicted molar refractivity (Wildman–Crippen MR) is 92.1 cm³/mol. The average molecular weight is 394 g/mol. The van der Waals surface area contributed by atoms with E-state index in [0.29, 0.717) is 31.9 Å². The van der Waals surface area contributed by atoms with Gasteiger partial charge in [0.05, 0.1) is 16.2 Å². The molecule has 3 heterocycles. The molecule has 0 atom stereocenters. The van der Waals surface area contributed by atoms with Crippen molar-refractivity contribution >= 4 is 28.2 Å². The SMILES string of the molecule is O=[N+]([O-])c1ccc(N2CCN(c3ncccc3C(F)(F)F)CC2)c2nonc12. The second-order valence-electron chi connectivity index (χ2n) is 6.17. The van der Waals surface area contributed by atoms with Crippen LogP contribution in [0.25, 0.3) is 11.0 Å². The van der Waals surface area contributed by atoms with Crippen LogP contribution in [0.4, 0.5) is 30.4 Å². The van der Waals surface area contributed by atoms with Crippen molar-refractivity contribution < 1.29 is 22.7 Å². The number of alkyl halides is 3. The van der Waals surface area contributed by atoms with E-state index in [1.165, 1.54) is 18.3 Å². The number of hydrogen-bond acceptors (Lipinski definition) is 8. The molecule has 12 heteroatoms. The standard InChI is InChI=1S/C16H13F3N6O3/c17-16(18,19)10-2-1-5-20-15(10)24-8-6-23(7-9-24)11-3-4-12(25(26)27)14-13(11)21-28-22-14/h1-5H,6-9H2. The first-order valence-corrected chi connectivity index (χ1v) is 8.28. The van der Waals surface area contributed by atoms with Crippen LogP contribution in [-0.4, -0.2) is 46.4 Å². The van der Waals surface area contributed by atoms with Crippen molar-refractivity contribution in [2.75, 3.05) is 36.0 Å². The minimum atomic E-state index is -4.49. The molecule has 0 N–H and O–H groups in total. The van der Waals surface area contributed by atoms with Gasteiger partial charge in [0.15, 0.2) is 5.52 Å². The summed E-state index contributed by atoms with van der Waals surface area (Å²) < 4.78 is 44.3. The summed E-state index contributed by atoms with van der Waals surface area (Å²) in [7, 11) is 0. The fourth-order valence-corrected chi connectivity index (χ4v) is 3.27. The third kappa shape index (κ3) is 3.06. The van der Waals surface area contributed by atoms with Gasteiger partial charge >= 0.3 is 11.9 Å². The van der Waals surface area contributed by atoms with Crippen molar-refractivity contribution in [1.29, 1.82) is 0 Å². The van der Waals surface area contributed by atoms with E-state index in [0.717, 1.165) is 6.07 Å². The van der Waals surface area contributed by atoms with Crippen molar-refractivity contribution in [3.8, 4) is 0 Å². The Kier molecular flexibility index (Phi) is 4.24. The van der Waals surface area contributed by atoms with Crippen LogP contribution in [0.3, 0.4) is 0 Å². The Morgan fingerprint density at radius 1 is 1.04 bits per heavy atom. The highest BCUT2D eigenvalue weighted by molar-refractivity contribution is 5.93. The molecule has 0 amide bonds. The van der Waals surface area contributed by atoms with Gasteiger partial charge in [-0.15, -0.1) is 0 Å². The lowest BCUT2D eigenvalue weighted by molar-refractivity contribution is -0.383. The van der Waals surface area contributed by atoms with Crippen molar-refractivity contribution in [2.24, 2.45) is 0 Å². The van der Waals surface area contributed by atoms with Gasteiger partial charge < -0.3 is 9.80 Å². The quantitative estimate of drug-likeness (QED) is 0.494. The van der Waals surface area contributed by atoms with Crippen LogP contribution in [0.15, 0.2) is 35.1 Å². The Morgan fingerprint density at radius 2 is 1.71 bits per heavy atom. The number of nitrogens with zero attached hydrogens (tertiary/aromatic N) is 6. The highest BCUT2D eigenvalue weighted by Gasteiger charge is 2.36. The smallest absolute Gasteiger partial charge is 0.366 e. The number of piperazine rings is 1. The van der Waals surface area contributed by atoms with Crippen molar-refractivity contribution in [2.45, 2.75) is 6.18 Å². The predicted octanol–water partition coefficient (Wildman–Crippen LogP) is 2.87. The third-order valence-corrected chi connectivity index (χ3v) is 4.58. The molecule has 4 rings (SSSR count). The van der Waals surface area contributed by atoms with Crippen LogP contribution in [0.2, 0.25) is 0 Å². The Bertz CT molecular complexity index is 1030. The van der Waals surface area contributed by atoms with E-state index in [1.807, 2.05) is 4.90 Å². The second-order valence-corrected chi connectivity index (χ2v) is 6.17. The Morgan fingerprint density at radius 3 is 2.39 bits per heavy atom. The highest BCUT2D eigenvalue weighted by Crippen LogP contribution is 2.36. The van der Waals surface area contributed by atoms with Crippen molar-refractivity contribution in [3.05, 3.63) is 46.1 Å². The number of fused-ring (bicyclic) bond motifs is 1. The summed E-state index contributed by atoms with van der Waals surface area (Å²) >= 11 is 0. The summed E-state index contributed by atoms with van der Waals surface area (Å²) in [6.07, 6.45) is -3.16. The lowest BCUT2D eigenvalue weighted by atomic mass is 10.1. The number of aromatic nitrogens is 3. The van der Waals surface area contributed by atoms with Crippen LogP contribution < -0.4 is 9.80 Å². The van der Waals surface area contributed by atoms with Gasteiger partial charge in [0.2, 0.25) is 5.52 Å². The number of rotatable bonds is 3. The van der Waals surface area contributed by atoms with Gasteiger partial charge in [0, 0.05) is 38.4 Å². The van der Waals surface area contributed by atoms with Crippen LogP contribution in [0.5, 0.6) is 0 Å². The number of hydrogen-bond donors (Lipinski definition) is 0. The molecule has 0 aliphatic carbocycles. The van der Waals surface area contributed by atoms with E-state index in [9.17, 15) is 23.3 Å². The van der Waals surface area contributed by atoms with E-state index in [-0.39, 0.29) is 22.5 Å². The zero-order valence-corrected chi connectivity index (χ0v) is 14.3. The average Bonchev–Trinajstić information content (AvgIpc) is 3.16. The summed E-state index contributed by atoms with van der Waals surface area (Å²) in [4.78, 5) is 17.9. The monoisotopic (exact) mass is 394 g/mol. The molecular weight excluding hydrogens is 381 g/mol. The van der Waals surface area contributed by atoms with Crippen LogP contribution >= 0.6 is 0 Å². The number of nitro benzene ring substituents is 1. The number of anilines is 2. The molecule has 0 radical (unpaired) electrons. The molecule has 1 aliphatic heterocycles. The highest BCUT2D eigenvalue weighted by atomic mass is 19.4. The number of pyridine rings is 1. The maximum Gasteiger partial charge on any atom is 0.419 e. The number of benzene rings is 1. The van der Waals surface area contributed by atoms with Gasteiger partial charge in [-0.1, -0.05) is 0 Å². The fraction of sp³-hybridized carbons (Fsp3) is 0.312. The Hall–Kier alpha value is -3.44. The Balaban J connectivity index is 1.58. The molecule has 1 fully saturated rings. The summed E-state index contributed by atoms with van der Waals surface area (Å²) in [5, 5.41) is 18.4.